The van der Waals surface area contributed by atoms with Gasteiger partial charge in [-0.1, -0.05) is 13.0 Å². The summed E-state index contributed by atoms with van der Waals surface area (Å²) in [4.78, 5) is 32.2. The van der Waals surface area contributed by atoms with E-state index in [0.29, 0.717) is 12.8 Å². The molecule has 0 saturated carbocycles. The number of ether oxygens (including phenoxy) is 2. The van der Waals surface area contributed by atoms with Crippen molar-refractivity contribution < 1.29 is 24.0 Å². The van der Waals surface area contributed by atoms with Gasteiger partial charge in [0.1, 0.15) is 12.4 Å². The number of allylic oxidation sites excluding steroid dienone is 1. The molecule has 0 spiro atoms. The predicted molar refractivity (Wildman–Crippen MR) is 86.7 cm³/mol. The van der Waals surface area contributed by atoms with E-state index in [1.54, 1.807) is 0 Å². The van der Waals surface area contributed by atoms with E-state index >= 15 is 0 Å². The van der Waals surface area contributed by atoms with Gasteiger partial charge >= 0.3 is 6.16 Å². The summed E-state index contributed by atoms with van der Waals surface area (Å²) in [5.74, 6) is 0.0818. The molecule has 2 rings (SSSR count). The first-order valence-corrected chi connectivity index (χ1v) is 7.45. The number of nitro groups is 1. The third-order valence-electron chi connectivity index (χ3n) is 3.02. The van der Waals surface area contributed by atoms with Gasteiger partial charge in [0.15, 0.2) is 0 Å². The molecule has 1 aliphatic heterocycles. The predicted octanol–water partition coefficient (Wildman–Crippen LogP) is 2.97. The molecular formula is C16H20N2O6. The zero-order valence-corrected chi connectivity index (χ0v) is 13.4. The van der Waals surface area contributed by atoms with Crippen molar-refractivity contribution in [3.63, 3.8) is 0 Å². The minimum Gasteiger partial charge on any atom is -0.432 e. The van der Waals surface area contributed by atoms with E-state index in [1.165, 1.54) is 24.3 Å². The maximum absolute atomic E-state index is 11.4. The average molecular weight is 336 g/mol. The lowest BCUT2D eigenvalue weighted by Crippen LogP contribution is -2.31. The van der Waals surface area contributed by atoms with Gasteiger partial charge in [-0.05, 0) is 25.0 Å². The standard InChI is InChI=1S/C12H12N2O6.C4H8/c15-11-6-1-8(13-11)7-19-12(16)20-10-4-2-9(3-5-10)14(17)18;1-3-4-2/h2-5,8H,1,6-7H2,(H,13,15);3H,1,4H2,2H3. The highest BCUT2D eigenvalue weighted by Crippen LogP contribution is 2.17. The Bertz CT molecular complexity index is 585. The summed E-state index contributed by atoms with van der Waals surface area (Å²) in [7, 11) is 0. The number of rotatable bonds is 5. The highest BCUT2D eigenvalue weighted by Gasteiger charge is 2.22. The number of carbonyl (C=O) groups excluding carboxylic acids is 2. The largest absolute Gasteiger partial charge is 0.513 e. The third-order valence-corrected chi connectivity index (χ3v) is 3.02. The minimum absolute atomic E-state index is 0.0392. The molecule has 1 heterocycles. The molecular weight excluding hydrogens is 316 g/mol. The van der Waals surface area contributed by atoms with Crippen LogP contribution in [-0.4, -0.2) is 29.6 Å². The molecule has 8 nitrogen and oxygen atoms in total. The summed E-state index contributed by atoms with van der Waals surface area (Å²) < 4.78 is 9.69. The van der Waals surface area contributed by atoms with Crippen LogP contribution >= 0.6 is 0 Å². The molecule has 1 aromatic carbocycles. The molecule has 0 aromatic heterocycles. The van der Waals surface area contributed by atoms with Crippen LogP contribution in [0.25, 0.3) is 0 Å². The van der Waals surface area contributed by atoms with Gasteiger partial charge in [-0.15, -0.1) is 6.58 Å². The van der Waals surface area contributed by atoms with Gasteiger partial charge < -0.3 is 14.8 Å². The van der Waals surface area contributed by atoms with Crippen molar-refractivity contribution in [3.8, 4) is 5.75 Å². The summed E-state index contributed by atoms with van der Waals surface area (Å²) in [6.07, 6.45) is 3.08. The summed E-state index contributed by atoms with van der Waals surface area (Å²) in [6.45, 7) is 5.58. The molecule has 8 heteroatoms. The van der Waals surface area contributed by atoms with Crippen molar-refractivity contribution in [1.82, 2.24) is 5.32 Å². The Morgan fingerprint density at radius 2 is 2.08 bits per heavy atom. The number of non-ortho nitro benzene ring substituents is 1. The van der Waals surface area contributed by atoms with Gasteiger partial charge in [0, 0.05) is 18.6 Å². The summed E-state index contributed by atoms with van der Waals surface area (Å²) in [5, 5.41) is 13.1. The summed E-state index contributed by atoms with van der Waals surface area (Å²) in [6, 6.07) is 4.86. The Labute approximate surface area is 139 Å². The molecule has 130 valence electrons. The zero-order valence-electron chi connectivity index (χ0n) is 13.4. The number of nitrogens with zero attached hydrogens (tertiary/aromatic N) is 1. The van der Waals surface area contributed by atoms with Gasteiger partial charge in [0.2, 0.25) is 5.91 Å². The van der Waals surface area contributed by atoms with Crippen molar-refractivity contribution in [2.24, 2.45) is 0 Å². The lowest BCUT2D eigenvalue weighted by molar-refractivity contribution is -0.384. The molecule has 1 amide bonds. The lowest BCUT2D eigenvalue weighted by Gasteiger charge is -2.10. The first kappa shape index (κ1) is 19.1. The quantitative estimate of drug-likeness (QED) is 0.291. The van der Waals surface area contributed by atoms with Crippen LogP contribution in [0.1, 0.15) is 26.2 Å². The molecule has 24 heavy (non-hydrogen) atoms. The Morgan fingerprint density at radius 1 is 1.46 bits per heavy atom. The maximum Gasteiger partial charge on any atom is 0.513 e. The van der Waals surface area contributed by atoms with Gasteiger partial charge in [0.05, 0.1) is 11.0 Å². The molecule has 1 fully saturated rings. The van der Waals surface area contributed by atoms with Crippen LogP contribution in [0, 0.1) is 10.1 Å². The van der Waals surface area contributed by atoms with Gasteiger partial charge in [-0.25, -0.2) is 4.79 Å². The van der Waals surface area contributed by atoms with E-state index in [-0.39, 0.29) is 30.0 Å². The smallest absolute Gasteiger partial charge is 0.432 e. The van der Waals surface area contributed by atoms with Crippen LogP contribution in [-0.2, 0) is 9.53 Å². The lowest BCUT2D eigenvalue weighted by atomic mass is 10.2. The SMILES string of the molecule is C=CCC.O=C1CCC(COC(=O)Oc2ccc([N+](=O)[O-])cc2)N1. The van der Waals surface area contributed by atoms with Crippen molar-refractivity contribution in [2.75, 3.05) is 6.61 Å². The second kappa shape index (κ2) is 9.98. The van der Waals surface area contributed by atoms with Gasteiger partial charge in [0.25, 0.3) is 5.69 Å². The summed E-state index contributed by atoms with van der Waals surface area (Å²) >= 11 is 0. The van der Waals surface area contributed by atoms with Gasteiger partial charge in [-0.2, -0.15) is 0 Å². The maximum atomic E-state index is 11.4. The first-order chi connectivity index (χ1) is 11.5. The highest BCUT2D eigenvalue weighted by molar-refractivity contribution is 5.78. The Kier molecular flexibility index (Phi) is 7.97. The van der Waals surface area contributed by atoms with E-state index in [0.717, 1.165) is 6.42 Å². The molecule has 1 saturated heterocycles. The Morgan fingerprint density at radius 3 is 2.54 bits per heavy atom. The second-order valence-corrected chi connectivity index (χ2v) is 4.91. The topological polar surface area (TPSA) is 108 Å². The minimum atomic E-state index is -0.917. The number of amides is 1. The molecule has 0 bridgehead atoms. The molecule has 0 aliphatic carbocycles. The highest BCUT2D eigenvalue weighted by atomic mass is 16.7. The van der Waals surface area contributed by atoms with Crippen LogP contribution < -0.4 is 10.1 Å². The van der Waals surface area contributed by atoms with Crippen LogP contribution in [0.5, 0.6) is 5.75 Å². The first-order valence-electron chi connectivity index (χ1n) is 7.45. The van der Waals surface area contributed by atoms with Crippen LogP contribution in [0.3, 0.4) is 0 Å². The molecule has 1 N–H and O–H groups in total. The van der Waals surface area contributed by atoms with E-state index in [2.05, 4.69) is 18.8 Å². The van der Waals surface area contributed by atoms with Crippen molar-refractivity contribution in [2.45, 2.75) is 32.2 Å². The van der Waals surface area contributed by atoms with E-state index in [4.69, 9.17) is 9.47 Å². The van der Waals surface area contributed by atoms with E-state index in [1.807, 2.05) is 6.08 Å². The van der Waals surface area contributed by atoms with Crippen molar-refractivity contribution in [3.05, 3.63) is 47.0 Å². The fourth-order valence-electron chi connectivity index (χ4n) is 1.73. The van der Waals surface area contributed by atoms with Crippen LogP contribution in [0.2, 0.25) is 0 Å². The zero-order chi connectivity index (χ0) is 17.9. The molecule has 1 atom stereocenters. The third kappa shape index (κ3) is 6.91. The number of benzene rings is 1. The number of nitro benzene ring substituents is 1. The van der Waals surface area contributed by atoms with Crippen molar-refractivity contribution >= 4 is 17.7 Å². The monoisotopic (exact) mass is 336 g/mol. The van der Waals surface area contributed by atoms with Crippen LogP contribution in [0.4, 0.5) is 10.5 Å². The van der Waals surface area contributed by atoms with Crippen LogP contribution in [0.15, 0.2) is 36.9 Å². The number of carbonyl (C=O) groups is 2. The molecule has 1 unspecified atom stereocenters. The number of hydrogen-bond donors (Lipinski definition) is 1. The fraction of sp³-hybridized carbons (Fsp3) is 0.375. The molecule has 1 aromatic rings. The number of nitrogens with one attached hydrogen (secondary N) is 1. The van der Waals surface area contributed by atoms with Gasteiger partial charge in [-0.3, -0.25) is 14.9 Å². The Balaban J connectivity index is 0.000000648. The number of hydrogen-bond acceptors (Lipinski definition) is 6. The molecule has 0 radical (unpaired) electrons. The normalized spacial score (nSPS) is 15.5. The molecule has 1 aliphatic rings. The fourth-order valence-corrected chi connectivity index (χ4v) is 1.73. The summed E-state index contributed by atoms with van der Waals surface area (Å²) in [5.41, 5.74) is -0.0978. The second-order valence-electron chi connectivity index (χ2n) is 4.91. The Hall–Kier alpha value is -2.90. The van der Waals surface area contributed by atoms with E-state index < -0.39 is 11.1 Å². The van der Waals surface area contributed by atoms with E-state index in [9.17, 15) is 19.7 Å². The van der Waals surface area contributed by atoms with Crippen molar-refractivity contribution in [1.29, 1.82) is 0 Å². The average Bonchev–Trinajstić information content (AvgIpc) is 2.99.